The van der Waals surface area contributed by atoms with Gasteiger partial charge in [0.15, 0.2) is 0 Å². The van der Waals surface area contributed by atoms with E-state index in [-0.39, 0.29) is 0 Å². The predicted octanol–water partition coefficient (Wildman–Crippen LogP) is 7.61. The molecule has 0 fully saturated rings. The Hall–Kier alpha value is 0.719. The van der Waals surface area contributed by atoms with Crippen LogP contribution in [-0.2, 0) is 6.15 Å². The van der Waals surface area contributed by atoms with Gasteiger partial charge in [0, 0.05) is 0 Å². The summed E-state index contributed by atoms with van der Waals surface area (Å²) >= 11 is -2.72. The van der Waals surface area contributed by atoms with E-state index < -0.39 is 19.2 Å². The van der Waals surface area contributed by atoms with E-state index >= 15 is 0 Å². The van der Waals surface area contributed by atoms with Crippen LogP contribution in [0.15, 0.2) is 0 Å². The fourth-order valence-electron chi connectivity index (χ4n) is 3.02. The SMILES string of the molecule is CCCCCCCC[O][Sn]([CH3])([CH2]CCC)[O]CCCCCCCC. The molecule has 2 nitrogen and oxygen atoms in total. The van der Waals surface area contributed by atoms with Gasteiger partial charge >= 0.3 is 159 Å². The van der Waals surface area contributed by atoms with Crippen molar-refractivity contribution in [3.05, 3.63) is 0 Å². The van der Waals surface area contributed by atoms with Crippen LogP contribution in [-0.4, -0.2) is 32.4 Å². The molecule has 0 aromatic rings. The minimum atomic E-state index is -2.72. The fraction of sp³-hybridized carbons (Fsp3) is 1.00. The Balaban J connectivity index is 3.81. The predicted molar refractivity (Wildman–Crippen MR) is 110 cm³/mol. The standard InChI is InChI=1S/2C8H17O.C4H9.CH3.Sn/c2*1-2-3-4-5-6-7-8-9;1-3-4-2;;/h2*2-8H2,1H3;1,3-4H2,2H3;1H3;/q2*-1;;;+2. The van der Waals surface area contributed by atoms with Gasteiger partial charge in [0.2, 0.25) is 0 Å². The van der Waals surface area contributed by atoms with Crippen molar-refractivity contribution in [2.45, 2.75) is 120 Å². The normalized spacial score (nSPS) is 12.0. The minimum absolute atomic E-state index is 0.943. The molecular weight excluding hydrogens is 403 g/mol. The van der Waals surface area contributed by atoms with E-state index in [1.54, 1.807) is 0 Å². The third-order valence-corrected chi connectivity index (χ3v) is 13.0. The molecule has 0 aromatic heterocycles. The Morgan fingerprint density at radius 2 is 0.875 bits per heavy atom. The summed E-state index contributed by atoms with van der Waals surface area (Å²) in [7, 11) is 0. The van der Waals surface area contributed by atoms with Gasteiger partial charge in [-0.2, -0.15) is 0 Å². The van der Waals surface area contributed by atoms with Gasteiger partial charge in [-0.25, -0.2) is 0 Å². The number of hydrogen-bond acceptors (Lipinski definition) is 2. The number of rotatable bonds is 19. The fourth-order valence-corrected chi connectivity index (χ4v) is 10.2. The second-order valence-electron chi connectivity index (χ2n) is 7.47. The molecule has 146 valence electrons. The molecule has 0 saturated carbocycles. The Kier molecular flexibility index (Phi) is 19.1. The van der Waals surface area contributed by atoms with E-state index in [1.165, 1.54) is 94.3 Å². The van der Waals surface area contributed by atoms with Crippen LogP contribution in [0, 0.1) is 0 Å². The van der Waals surface area contributed by atoms with Crippen molar-refractivity contribution in [1.29, 1.82) is 0 Å². The van der Waals surface area contributed by atoms with Gasteiger partial charge in [0.1, 0.15) is 0 Å². The van der Waals surface area contributed by atoms with Crippen LogP contribution in [0.25, 0.3) is 0 Å². The molecule has 0 unspecified atom stereocenters. The number of unbranched alkanes of at least 4 members (excludes halogenated alkanes) is 11. The zero-order valence-electron chi connectivity index (χ0n) is 17.3. The molecule has 0 aliphatic heterocycles. The third kappa shape index (κ3) is 16.2. The first-order valence-electron chi connectivity index (χ1n) is 11.0. The monoisotopic (exact) mass is 450 g/mol. The van der Waals surface area contributed by atoms with Crippen LogP contribution in [0.3, 0.4) is 0 Å². The summed E-state index contributed by atoms with van der Waals surface area (Å²) in [5.74, 6) is 0. The molecule has 0 spiro atoms. The molecule has 0 rings (SSSR count). The average Bonchev–Trinajstić information content (AvgIpc) is 2.58. The van der Waals surface area contributed by atoms with Crippen LogP contribution in [0.5, 0.6) is 0 Å². The molecule has 0 radical (unpaired) electrons. The first kappa shape index (κ1) is 24.7. The first-order valence-corrected chi connectivity index (χ1v) is 18.2. The molecule has 0 atom stereocenters. The van der Waals surface area contributed by atoms with Gasteiger partial charge in [0.05, 0.1) is 0 Å². The van der Waals surface area contributed by atoms with E-state index in [0.717, 1.165) is 13.2 Å². The zero-order valence-corrected chi connectivity index (χ0v) is 20.2. The second kappa shape index (κ2) is 18.5. The quantitative estimate of drug-likeness (QED) is 0.149. The van der Waals surface area contributed by atoms with Crippen molar-refractivity contribution in [3.8, 4) is 0 Å². The summed E-state index contributed by atoms with van der Waals surface area (Å²) in [6.07, 6.45) is 18.6. The van der Waals surface area contributed by atoms with Gasteiger partial charge in [0.25, 0.3) is 0 Å². The van der Waals surface area contributed by atoms with E-state index in [4.69, 9.17) is 6.15 Å². The number of hydrogen-bond donors (Lipinski definition) is 0. The van der Waals surface area contributed by atoms with Gasteiger partial charge in [-0.3, -0.25) is 0 Å². The summed E-state index contributed by atoms with van der Waals surface area (Å²) in [6, 6.07) is 0. The van der Waals surface area contributed by atoms with Crippen molar-refractivity contribution in [1.82, 2.24) is 0 Å². The van der Waals surface area contributed by atoms with Crippen molar-refractivity contribution in [2.75, 3.05) is 13.2 Å². The van der Waals surface area contributed by atoms with Crippen molar-refractivity contribution >= 4 is 19.2 Å². The molecule has 0 aliphatic carbocycles. The van der Waals surface area contributed by atoms with Crippen LogP contribution in [0.1, 0.15) is 111 Å². The first-order chi connectivity index (χ1) is 11.7. The molecule has 0 N–H and O–H groups in total. The van der Waals surface area contributed by atoms with Crippen LogP contribution >= 0.6 is 0 Å². The molecule has 24 heavy (non-hydrogen) atoms. The Labute approximate surface area is 158 Å². The molecular formula is C21H46O2Sn. The average molecular weight is 449 g/mol. The van der Waals surface area contributed by atoms with Gasteiger partial charge < -0.3 is 0 Å². The van der Waals surface area contributed by atoms with Gasteiger partial charge in [-0.15, -0.1) is 0 Å². The Morgan fingerprint density at radius 3 is 1.29 bits per heavy atom. The Bertz CT molecular complexity index is 228. The third-order valence-electron chi connectivity index (χ3n) is 4.80. The van der Waals surface area contributed by atoms with Crippen LogP contribution < -0.4 is 0 Å². The van der Waals surface area contributed by atoms with Crippen LogP contribution in [0.2, 0.25) is 9.38 Å². The molecule has 0 saturated heterocycles. The zero-order chi connectivity index (χ0) is 17.9. The molecule has 0 bridgehead atoms. The van der Waals surface area contributed by atoms with Gasteiger partial charge in [-0.1, -0.05) is 0 Å². The summed E-state index contributed by atoms with van der Waals surface area (Å²) in [5, 5.41) is 0. The van der Waals surface area contributed by atoms with Crippen molar-refractivity contribution in [3.63, 3.8) is 0 Å². The van der Waals surface area contributed by atoms with E-state index in [0.29, 0.717) is 0 Å². The van der Waals surface area contributed by atoms with Gasteiger partial charge in [-0.05, 0) is 0 Å². The summed E-state index contributed by atoms with van der Waals surface area (Å²) < 4.78 is 14.0. The molecule has 0 amide bonds. The van der Waals surface area contributed by atoms with Crippen molar-refractivity contribution < 1.29 is 6.15 Å². The summed E-state index contributed by atoms with van der Waals surface area (Å²) in [6.45, 7) is 8.71. The Morgan fingerprint density at radius 1 is 0.500 bits per heavy atom. The van der Waals surface area contributed by atoms with E-state index in [2.05, 4.69) is 25.7 Å². The van der Waals surface area contributed by atoms with Crippen molar-refractivity contribution in [2.24, 2.45) is 0 Å². The molecule has 0 aromatic carbocycles. The van der Waals surface area contributed by atoms with Crippen LogP contribution in [0.4, 0.5) is 0 Å². The summed E-state index contributed by atoms with van der Waals surface area (Å²) in [4.78, 5) is 2.36. The maximum absolute atomic E-state index is 6.37. The second-order valence-corrected chi connectivity index (χ2v) is 17.0. The maximum atomic E-state index is 6.37. The summed E-state index contributed by atoms with van der Waals surface area (Å²) in [5.41, 5.74) is 0. The molecule has 0 aliphatic rings. The topological polar surface area (TPSA) is 18.5 Å². The molecule has 3 heteroatoms. The van der Waals surface area contributed by atoms with E-state index in [9.17, 15) is 0 Å². The molecule has 0 heterocycles. The van der Waals surface area contributed by atoms with E-state index in [1.807, 2.05) is 0 Å².